The summed E-state index contributed by atoms with van der Waals surface area (Å²) in [5, 5.41) is 15.4. The number of amides is 1. The highest BCUT2D eigenvalue weighted by atomic mass is 16.7. The first kappa shape index (κ1) is 18.8. The average Bonchev–Trinajstić information content (AvgIpc) is 2.43. The monoisotopic (exact) mass is 297 g/mol. The highest BCUT2D eigenvalue weighted by Gasteiger charge is 1.98. The third-order valence-corrected chi connectivity index (χ3v) is 2.73. The van der Waals surface area contributed by atoms with Crippen LogP contribution in [0.3, 0.4) is 0 Å². The van der Waals surface area contributed by atoms with Gasteiger partial charge in [-0.3, -0.25) is 0 Å². The first-order chi connectivity index (χ1) is 9.91. The normalized spacial score (nSPS) is 12.8. The minimum Gasteiger partial charge on any atom is -0.465 e. The van der Waals surface area contributed by atoms with Crippen LogP contribution in [-0.2, 0) is 0 Å². The van der Waals surface area contributed by atoms with Crippen molar-refractivity contribution in [1.82, 2.24) is 0 Å². The van der Waals surface area contributed by atoms with E-state index < -0.39 is 12.2 Å². The Bertz CT molecular complexity index is 397. The largest absolute Gasteiger partial charge is 0.511 e. The van der Waals surface area contributed by atoms with Crippen LogP contribution in [0.2, 0.25) is 0 Å². The second-order valence-electron chi connectivity index (χ2n) is 4.64. The Balaban J connectivity index is 0.000000335. The molecular weight excluding hydrogens is 274 g/mol. The maximum atomic E-state index is 10.0. The van der Waals surface area contributed by atoms with Gasteiger partial charge in [-0.2, -0.15) is 0 Å². The lowest BCUT2D eigenvalue weighted by Gasteiger charge is -2.05. The van der Waals surface area contributed by atoms with Crippen LogP contribution in [-0.4, -0.2) is 22.5 Å². The van der Waals surface area contributed by atoms with Crippen LogP contribution in [0.15, 0.2) is 24.3 Å². The van der Waals surface area contributed by atoms with Gasteiger partial charge >= 0.3 is 12.2 Å². The van der Waals surface area contributed by atoms with Crippen molar-refractivity contribution in [3.8, 4) is 5.75 Å². The fourth-order valence-electron chi connectivity index (χ4n) is 1.77. The molecule has 1 fully saturated rings. The summed E-state index contributed by atoms with van der Waals surface area (Å²) in [6, 6.07) is 6.81. The molecule has 0 aromatic heterocycles. The number of carbonyl (C=O) groups is 2. The van der Waals surface area contributed by atoms with Gasteiger partial charge in [-0.15, -0.1) is 0 Å². The number of aryl methyl sites for hydroxylation is 1. The maximum absolute atomic E-state index is 10.0. The second kappa shape index (κ2) is 11.6. The van der Waals surface area contributed by atoms with Crippen molar-refractivity contribution >= 4 is 12.2 Å². The van der Waals surface area contributed by atoms with E-state index in [-0.39, 0.29) is 0 Å². The predicted molar refractivity (Wildman–Crippen MR) is 79.7 cm³/mol. The molecule has 0 bridgehead atoms. The van der Waals surface area contributed by atoms with Crippen molar-refractivity contribution in [3.63, 3.8) is 0 Å². The molecule has 0 atom stereocenters. The quantitative estimate of drug-likeness (QED) is 0.535. The van der Waals surface area contributed by atoms with Gasteiger partial charge < -0.3 is 20.7 Å². The van der Waals surface area contributed by atoms with Crippen molar-refractivity contribution in [2.75, 3.05) is 0 Å². The van der Waals surface area contributed by atoms with Gasteiger partial charge in [0, 0.05) is 0 Å². The number of nitrogens with two attached hydrogens (primary N) is 1. The van der Waals surface area contributed by atoms with E-state index in [1.165, 1.54) is 38.5 Å². The van der Waals surface area contributed by atoms with E-state index >= 15 is 0 Å². The van der Waals surface area contributed by atoms with Gasteiger partial charge in [0.05, 0.1) is 0 Å². The molecular formula is C15H23NO5. The van der Waals surface area contributed by atoms with E-state index in [1.807, 2.05) is 6.92 Å². The fourth-order valence-corrected chi connectivity index (χ4v) is 1.77. The molecule has 21 heavy (non-hydrogen) atoms. The Morgan fingerprint density at radius 3 is 1.57 bits per heavy atom. The van der Waals surface area contributed by atoms with Crippen LogP contribution in [0.4, 0.5) is 9.59 Å². The first-order valence-corrected chi connectivity index (χ1v) is 6.87. The summed E-state index contributed by atoms with van der Waals surface area (Å²) in [6.07, 6.45) is 6.38. The number of hydrogen-bond donors (Lipinski definition) is 3. The standard InChI is InChI=1S/C8H8O3.C6H12.CH3NO2/c1-6-2-4-7(5-3-6)11-8(9)10;1-2-4-6-5-3-1;2-1(3)4/h2-5H,1H3,(H,9,10);1-6H2;2H2,(H,3,4). The number of hydrogen-bond acceptors (Lipinski definition) is 3. The summed E-state index contributed by atoms with van der Waals surface area (Å²) >= 11 is 0. The molecule has 2 rings (SSSR count). The van der Waals surface area contributed by atoms with Crippen LogP contribution in [0, 0.1) is 6.92 Å². The lowest BCUT2D eigenvalue weighted by atomic mass is 10.0. The number of rotatable bonds is 1. The summed E-state index contributed by atoms with van der Waals surface area (Å²) in [6.45, 7) is 1.92. The van der Waals surface area contributed by atoms with Crippen molar-refractivity contribution in [2.24, 2.45) is 5.73 Å². The van der Waals surface area contributed by atoms with Gasteiger partial charge in [0.25, 0.3) is 0 Å². The number of ether oxygens (including phenoxy) is 1. The Hall–Kier alpha value is -2.24. The Kier molecular flexibility index (Phi) is 10.3. The van der Waals surface area contributed by atoms with Gasteiger partial charge in [0.2, 0.25) is 0 Å². The smallest absolute Gasteiger partial charge is 0.465 e. The van der Waals surface area contributed by atoms with Gasteiger partial charge in [0.1, 0.15) is 5.75 Å². The zero-order valence-corrected chi connectivity index (χ0v) is 12.2. The van der Waals surface area contributed by atoms with Gasteiger partial charge in [0.15, 0.2) is 0 Å². The Labute approximate surface area is 124 Å². The number of carboxylic acid groups (broad SMARTS) is 2. The molecule has 0 unspecified atom stereocenters. The Morgan fingerprint density at radius 1 is 0.952 bits per heavy atom. The van der Waals surface area contributed by atoms with E-state index in [4.69, 9.17) is 15.0 Å². The third kappa shape index (κ3) is 14.0. The van der Waals surface area contributed by atoms with Crippen LogP contribution in [0.25, 0.3) is 0 Å². The molecule has 1 aromatic carbocycles. The maximum Gasteiger partial charge on any atom is 0.511 e. The minimum atomic E-state index is -1.33. The van der Waals surface area contributed by atoms with Gasteiger partial charge in [-0.1, -0.05) is 56.2 Å². The molecule has 6 nitrogen and oxygen atoms in total. The van der Waals surface area contributed by atoms with Crippen LogP contribution in [0.1, 0.15) is 44.1 Å². The molecule has 4 N–H and O–H groups in total. The molecule has 6 heteroatoms. The molecule has 0 radical (unpaired) electrons. The molecule has 118 valence electrons. The zero-order chi connectivity index (χ0) is 16.1. The molecule has 1 aliphatic rings. The van der Waals surface area contributed by atoms with E-state index in [0.29, 0.717) is 5.75 Å². The molecule has 0 heterocycles. The Morgan fingerprint density at radius 2 is 1.29 bits per heavy atom. The molecule has 1 aliphatic carbocycles. The molecule has 0 aliphatic heterocycles. The predicted octanol–water partition coefficient (Wildman–Crippen LogP) is 4.02. The van der Waals surface area contributed by atoms with Crippen LogP contribution < -0.4 is 10.5 Å². The van der Waals surface area contributed by atoms with Gasteiger partial charge in [-0.25, -0.2) is 9.59 Å². The topological polar surface area (TPSA) is 110 Å². The SMILES string of the molecule is C1CCCCC1.Cc1ccc(OC(=O)O)cc1.NC(=O)O. The molecule has 0 saturated heterocycles. The van der Waals surface area contributed by atoms with Crippen LogP contribution >= 0.6 is 0 Å². The summed E-state index contributed by atoms with van der Waals surface area (Å²) in [5.41, 5.74) is 5.10. The highest BCUT2D eigenvalue weighted by Crippen LogP contribution is 2.15. The van der Waals surface area contributed by atoms with E-state index in [2.05, 4.69) is 10.5 Å². The van der Waals surface area contributed by atoms with Gasteiger partial charge in [-0.05, 0) is 19.1 Å². The summed E-state index contributed by atoms with van der Waals surface area (Å²) in [4.78, 5) is 18.8. The molecule has 1 saturated carbocycles. The van der Waals surface area contributed by atoms with Crippen molar-refractivity contribution in [3.05, 3.63) is 29.8 Å². The molecule has 1 amide bonds. The van der Waals surface area contributed by atoms with Crippen molar-refractivity contribution in [1.29, 1.82) is 0 Å². The van der Waals surface area contributed by atoms with Crippen LogP contribution in [0.5, 0.6) is 5.75 Å². The summed E-state index contributed by atoms with van der Waals surface area (Å²) < 4.78 is 4.39. The minimum absolute atomic E-state index is 0.350. The first-order valence-electron chi connectivity index (χ1n) is 6.87. The van der Waals surface area contributed by atoms with Crippen molar-refractivity contribution in [2.45, 2.75) is 45.4 Å². The zero-order valence-electron chi connectivity index (χ0n) is 12.2. The third-order valence-electron chi connectivity index (χ3n) is 2.73. The number of primary amides is 1. The van der Waals surface area contributed by atoms with E-state index in [1.54, 1.807) is 24.3 Å². The lowest BCUT2D eigenvalue weighted by molar-refractivity contribution is 0.144. The second-order valence-corrected chi connectivity index (χ2v) is 4.64. The number of benzene rings is 1. The molecule has 0 spiro atoms. The lowest BCUT2D eigenvalue weighted by Crippen LogP contribution is -2.03. The van der Waals surface area contributed by atoms with Crippen molar-refractivity contribution < 1.29 is 24.5 Å². The summed E-state index contributed by atoms with van der Waals surface area (Å²) in [5.74, 6) is 0.350. The highest BCUT2D eigenvalue weighted by molar-refractivity contribution is 5.61. The average molecular weight is 297 g/mol. The van der Waals surface area contributed by atoms with E-state index in [9.17, 15) is 4.79 Å². The molecule has 1 aromatic rings. The summed E-state index contributed by atoms with van der Waals surface area (Å²) in [7, 11) is 0. The van der Waals surface area contributed by atoms with E-state index in [0.717, 1.165) is 5.56 Å². The fraction of sp³-hybridized carbons (Fsp3) is 0.467.